The van der Waals surface area contributed by atoms with Crippen molar-refractivity contribution in [3.05, 3.63) is 0 Å². The molecule has 17 heavy (non-hydrogen) atoms. The van der Waals surface area contributed by atoms with Gasteiger partial charge in [-0.2, -0.15) is 5.26 Å². The molecule has 0 aromatic carbocycles. The van der Waals surface area contributed by atoms with Crippen LogP contribution < -0.4 is 5.32 Å². The molecule has 3 nitrogen and oxygen atoms in total. The molecule has 0 aromatic heterocycles. The molecule has 0 bridgehead atoms. The van der Waals surface area contributed by atoms with E-state index in [1.165, 1.54) is 25.7 Å². The number of rotatable bonds is 5. The van der Waals surface area contributed by atoms with Crippen molar-refractivity contribution >= 4 is 0 Å². The van der Waals surface area contributed by atoms with E-state index in [1.807, 2.05) is 0 Å². The van der Waals surface area contributed by atoms with E-state index in [0.717, 1.165) is 31.8 Å². The van der Waals surface area contributed by atoms with Gasteiger partial charge in [-0.25, -0.2) is 0 Å². The molecule has 1 N–H and O–H groups in total. The molecule has 2 aliphatic carbocycles. The van der Waals surface area contributed by atoms with Crippen LogP contribution in [0.2, 0.25) is 0 Å². The van der Waals surface area contributed by atoms with E-state index in [0.29, 0.717) is 6.04 Å². The van der Waals surface area contributed by atoms with Crippen molar-refractivity contribution in [3.63, 3.8) is 0 Å². The Kier molecular flexibility index (Phi) is 4.06. The number of nitrogens with one attached hydrogen (secondary N) is 1. The third-order valence-corrected chi connectivity index (χ3v) is 4.35. The molecule has 0 aromatic rings. The lowest BCUT2D eigenvalue weighted by atomic mass is 9.79. The van der Waals surface area contributed by atoms with Crippen LogP contribution in [0.3, 0.4) is 0 Å². The first-order valence-electron chi connectivity index (χ1n) is 7.09. The van der Waals surface area contributed by atoms with Crippen LogP contribution in [-0.4, -0.2) is 36.1 Å². The van der Waals surface area contributed by atoms with Gasteiger partial charge >= 0.3 is 0 Å². The maximum absolute atomic E-state index is 9.49. The number of nitrogens with zero attached hydrogens (tertiary/aromatic N) is 2. The largest absolute Gasteiger partial charge is 0.300 e. The van der Waals surface area contributed by atoms with Crippen molar-refractivity contribution in [2.45, 2.75) is 69.5 Å². The second-order valence-corrected chi connectivity index (χ2v) is 5.77. The van der Waals surface area contributed by atoms with Crippen LogP contribution in [0.5, 0.6) is 0 Å². The van der Waals surface area contributed by atoms with Crippen LogP contribution >= 0.6 is 0 Å². The summed E-state index contributed by atoms with van der Waals surface area (Å²) in [5.74, 6) is 0. The Morgan fingerprint density at radius 1 is 1.35 bits per heavy atom. The second kappa shape index (κ2) is 5.37. The van der Waals surface area contributed by atoms with Gasteiger partial charge in [0.05, 0.1) is 6.07 Å². The molecular formula is C14H25N3. The maximum atomic E-state index is 9.49. The molecule has 2 unspecified atom stereocenters. The fourth-order valence-electron chi connectivity index (χ4n) is 3.04. The first-order chi connectivity index (χ1) is 8.21. The number of hydrogen-bond acceptors (Lipinski definition) is 3. The molecule has 0 aliphatic heterocycles. The van der Waals surface area contributed by atoms with Crippen molar-refractivity contribution in [2.24, 2.45) is 0 Å². The van der Waals surface area contributed by atoms with Gasteiger partial charge < -0.3 is 4.90 Å². The van der Waals surface area contributed by atoms with Crippen molar-refractivity contribution in [3.8, 4) is 6.07 Å². The summed E-state index contributed by atoms with van der Waals surface area (Å²) in [7, 11) is 2.25. The van der Waals surface area contributed by atoms with Crippen LogP contribution in [0.4, 0.5) is 0 Å². The predicted molar refractivity (Wildman–Crippen MR) is 69.7 cm³/mol. The fraction of sp³-hybridized carbons (Fsp3) is 0.929. The average Bonchev–Trinajstić information content (AvgIpc) is 3.20. The molecule has 2 fully saturated rings. The van der Waals surface area contributed by atoms with Gasteiger partial charge in [0, 0.05) is 12.1 Å². The minimum atomic E-state index is -0.248. The summed E-state index contributed by atoms with van der Waals surface area (Å²) in [6.45, 7) is 3.13. The zero-order chi connectivity index (χ0) is 12.3. The molecule has 2 atom stereocenters. The van der Waals surface area contributed by atoms with E-state index in [1.54, 1.807) is 0 Å². The summed E-state index contributed by atoms with van der Waals surface area (Å²) in [5.41, 5.74) is -0.248. The van der Waals surface area contributed by atoms with Crippen LogP contribution in [0.1, 0.15) is 51.9 Å². The molecule has 3 heteroatoms. The molecule has 96 valence electrons. The fourth-order valence-corrected chi connectivity index (χ4v) is 3.04. The topological polar surface area (TPSA) is 39.1 Å². The standard InChI is InChI=1S/C14H25N3/c1-3-9-16-14(11-15)8-4-5-13(10-14)17(2)12-6-7-12/h12-13,16H,3-10H2,1-2H3. The molecule has 2 saturated carbocycles. The van der Waals surface area contributed by atoms with Gasteiger partial charge in [-0.05, 0) is 58.5 Å². The Hall–Kier alpha value is -0.590. The summed E-state index contributed by atoms with van der Waals surface area (Å²) in [6.07, 6.45) is 8.31. The van der Waals surface area contributed by atoms with Crippen LogP contribution in [0, 0.1) is 11.3 Å². The predicted octanol–water partition coefficient (Wildman–Crippen LogP) is 2.29. The van der Waals surface area contributed by atoms with Crippen molar-refractivity contribution in [1.82, 2.24) is 10.2 Å². The summed E-state index contributed by atoms with van der Waals surface area (Å²) in [6, 6.07) is 3.98. The first-order valence-corrected chi connectivity index (χ1v) is 7.09. The second-order valence-electron chi connectivity index (χ2n) is 5.77. The molecule has 0 spiro atoms. The van der Waals surface area contributed by atoms with E-state index in [-0.39, 0.29) is 5.54 Å². The minimum absolute atomic E-state index is 0.248. The molecule has 0 heterocycles. The Morgan fingerprint density at radius 3 is 2.71 bits per heavy atom. The Balaban J connectivity index is 1.96. The van der Waals surface area contributed by atoms with Crippen molar-refractivity contribution in [1.29, 1.82) is 5.26 Å². The van der Waals surface area contributed by atoms with E-state index in [2.05, 4.69) is 30.3 Å². The first kappa shape index (κ1) is 12.9. The summed E-state index contributed by atoms with van der Waals surface area (Å²) in [4.78, 5) is 2.53. The highest BCUT2D eigenvalue weighted by atomic mass is 15.2. The molecule has 0 saturated heterocycles. The van der Waals surface area contributed by atoms with Gasteiger partial charge in [0.25, 0.3) is 0 Å². The molecule has 2 aliphatic rings. The van der Waals surface area contributed by atoms with Crippen molar-refractivity contribution in [2.75, 3.05) is 13.6 Å². The quantitative estimate of drug-likeness (QED) is 0.794. The summed E-state index contributed by atoms with van der Waals surface area (Å²) >= 11 is 0. The monoisotopic (exact) mass is 235 g/mol. The zero-order valence-electron chi connectivity index (χ0n) is 11.2. The summed E-state index contributed by atoms with van der Waals surface area (Å²) < 4.78 is 0. The lowest BCUT2D eigenvalue weighted by Crippen LogP contribution is -2.52. The SMILES string of the molecule is CCCNC1(C#N)CCCC(N(C)C2CC2)C1. The Labute approximate surface area is 105 Å². The Bertz CT molecular complexity index is 292. The summed E-state index contributed by atoms with van der Waals surface area (Å²) in [5, 5.41) is 13.0. The smallest absolute Gasteiger partial charge is 0.108 e. The Morgan fingerprint density at radius 2 is 2.12 bits per heavy atom. The zero-order valence-corrected chi connectivity index (χ0v) is 11.2. The highest BCUT2D eigenvalue weighted by Crippen LogP contribution is 2.35. The van der Waals surface area contributed by atoms with E-state index >= 15 is 0 Å². The molecule has 0 amide bonds. The van der Waals surface area contributed by atoms with E-state index < -0.39 is 0 Å². The lowest BCUT2D eigenvalue weighted by molar-refractivity contribution is 0.138. The normalized spacial score (nSPS) is 33.6. The van der Waals surface area contributed by atoms with Crippen LogP contribution in [0.25, 0.3) is 0 Å². The van der Waals surface area contributed by atoms with Crippen LogP contribution in [0.15, 0.2) is 0 Å². The van der Waals surface area contributed by atoms with E-state index in [9.17, 15) is 5.26 Å². The van der Waals surface area contributed by atoms with Gasteiger partial charge in [-0.1, -0.05) is 6.92 Å². The molecule has 0 radical (unpaired) electrons. The minimum Gasteiger partial charge on any atom is -0.300 e. The number of nitriles is 1. The lowest BCUT2D eigenvalue weighted by Gasteiger charge is -2.40. The van der Waals surface area contributed by atoms with Gasteiger partial charge in [0.15, 0.2) is 0 Å². The van der Waals surface area contributed by atoms with Crippen LogP contribution in [-0.2, 0) is 0 Å². The molecular weight excluding hydrogens is 210 g/mol. The van der Waals surface area contributed by atoms with Gasteiger partial charge in [0.1, 0.15) is 5.54 Å². The highest BCUT2D eigenvalue weighted by molar-refractivity contribution is 5.11. The van der Waals surface area contributed by atoms with Gasteiger partial charge in [-0.3, -0.25) is 5.32 Å². The highest BCUT2D eigenvalue weighted by Gasteiger charge is 2.40. The van der Waals surface area contributed by atoms with Gasteiger partial charge in [0.2, 0.25) is 0 Å². The molecule has 2 rings (SSSR count). The third-order valence-electron chi connectivity index (χ3n) is 4.35. The maximum Gasteiger partial charge on any atom is 0.108 e. The van der Waals surface area contributed by atoms with E-state index in [4.69, 9.17) is 0 Å². The van der Waals surface area contributed by atoms with Gasteiger partial charge in [-0.15, -0.1) is 0 Å². The number of hydrogen-bond donors (Lipinski definition) is 1. The average molecular weight is 235 g/mol. The van der Waals surface area contributed by atoms with Crippen molar-refractivity contribution < 1.29 is 0 Å². The third kappa shape index (κ3) is 3.00.